The van der Waals surface area contributed by atoms with E-state index in [0.29, 0.717) is 17.0 Å². The molecule has 0 aliphatic carbocycles. The highest BCUT2D eigenvalue weighted by atomic mass is 16.2. The first-order valence-electron chi connectivity index (χ1n) is 8.85. The smallest absolute Gasteiger partial charge is 0.255 e. The second kappa shape index (κ2) is 7.51. The van der Waals surface area contributed by atoms with E-state index in [1.54, 1.807) is 24.3 Å². The molecule has 0 aromatic heterocycles. The molecule has 0 atom stereocenters. The topological polar surface area (TPSA) is 49.4 Å². The SMILES string of the molecule is CC(C)c1ccc(NC(=O)c2ccc(C(=O)N3CCCC3)cc2)cc1. The number of nitrogens with zero attached hydrogens (tertiary/aromatic N) is 1. The number of benzene rings is 2. The summed E-state index contributed by atoms with van der Waals surface area (Å²) in [6.45, 7) is 5.93. The summed E-state index contributed by atoms with van der Waals surface area (Å²) in [4.78, 5) is 26.6. The highest BCUT2D eigenvalue weighted by Crippen LogP contribution is 2.18. The van der Waals surface area contributed by atoms with E-state index in [0.717, 1.165) is 31.6 Å². The first-order chi connectivity index (χ1) is 12.0. The molecule has 2 aromatic rings. The van der Waals surface area contributed by atoms with E-state index in [9.17, 15) is 9.59 Å². The molecule has 25 heavy (non-hydrogen) atoms. The van der Waals surface area contributed by atoms with Gasteiger partial charge in [0, 0.05) is 29.9 Å². The minimum atomic E-state index is -0.169. The molecule has 0 bridgehead atoms. The Kier molecular flexibility index (Phi) is 5.17. The molecule has 1 fully saturated rings. The van der Waals surface area contributed by atoms with Gasteiger partial charge in [-0.3, -0.25) is 9.59 Å². The van der Waals surface area contributed by atoms with Crippen LogP contribution in [-0.2, 0) is 0 Å². The van der Waals surface area contributed by atoms with Gasteiger partial charge in [-0.1, -0.05) is 26.0 Å². The molecule has 130 valence electrons. The average Bonchev–Trinajstić information content (AvgIpc) is 3.16. The van der Waals surface area contributed by atoms with Crippen LogP contribution in [0.3, 0.4) is 0 Å². The van der Waals surface area contributed by atoms with Crippen molar-refractivity contribution in [2.24, 2.45) is 0 Å². The second-order valence-corrected chi connectivity index (χ2v) is 6.81. The van der Waals surface area contributed by atoms with Gasteiger partial charge in [-0.05, 0) is 60.7 Å². The fourth-order valence-corrected chi connectivity index (χ4v) is 3.02. The number of hydrogen-bond acceptors (Lipinski definition) is 2. The highest BCUT2D eigenvalue weighted by molar-refractivity contribution is 6.05. The van der Waals surface area contributed by atoms with Crippen LogP contribution in [0.5, 0.6) is 0 Å². The van der Waals surface area contributed by atoms with Gasteiger partial charge < -0.3 is 10.2 Å². The van der Waals surface area contributed by atoms with Crippen LogP contribution < -0.4 is 5.32 Å². The fourth-order valence-electron chi connectivity index (χ4n) is 3.02. The summed E-state index contributed by atoms with van der Waals surface area (Å²) in [6.07, 6.45) is 2.14. The summed E-state index contributed by atoms with van der Waals surface area (Å²) >= 11 is 0. The summed E-state index contributed by atoms with van der Waals surface area (Å²) in [6, 6.07) is 14.8. The van der Waals surface area contributed by atoms with Crippen molar-refractivity contribution < 1.29 is 9.59 Å². The zero-order chi connectivity index (χ0) is 17.8. The normalized spacial score (nSPS) is 14.0. The molecule has 0 radical (unpaired) electrons. The zero-order valence-electron chi connectivity index (χ0n) is 14.8. The molecule has 0 unspecified atom stereocenters. The lowest BCUT2D eigenvalue weighted by atomic mass is 10.0. The lowest BCUT2D eigenvalue weighted by Gasteiger charge is -2.15. The number of rotatable bonds is 4. The van der Waals surface area contributed by atoms with Crippen molar-refractivity contribution >= 4 is 17.5 Å². The van der Waals surface area contributed by atoms with Crippen molar-refractivity contribution in [3.8, 4) is 0 Å². The van der Waals surface area contributed by atoms with E-state index < -0.39 is 0 Å². The molecule has 1 N–H and O–H groups in total. The van der Waals surface area contributed by atoms with Crippen molar-refractivity contribution in [3.63, 3.8) is 0 Å². The van der Waals surface area contributed by atoms with E-state index in [2.05, 4.69) is 19.2 Å². The van der Waals surface area contributed by atoms with Crippen molar-refractivity contribution in [1.29, 1.82) is 0 Å². The van der Waals surface area contributed by atoms with Gasteiger partial charge in [-0.15, -0.1) is 0 Å². The van der Waals surface area contributed by atoms with E-state index in [4.69, 9.17) is 0 Å². The zero-order valence-corrected chi connectivity index (χ0v) is 14.8. The Bertz CT molecular complexity index is 742. The number of carbonyl (C=O) groups excluding carboxylic acids is 2. The van der Waals surface area contributed by atoms with Crippen molar-refractivity contribution in [2.75, 3.05) is 18.4 Å². The van der Waals surface area contributed by atoms with Gasteiger partial charge in [0.1, 0.15) is 0 Å². The van der Waals surface area contributed by atoms with Crippen molar-refractivity contribution in [3.05, 3.63) is 65.2 Å². The molecule has 4 heteroatoms. The number of nitrogens with one attached hydrogen (secondary N) is 1. The first-order valence-corrected chi connectivity index (χ1v) is 8.85. The van der Waals surface area contributed by atoms with Gasteiger partial charge in [0.25, 0.3) is 11.8 Å². The third-order valence-corrected chi connectivity index (χ3v) is 4.62. The molecule has 1 aliphatic rings. The number of likely N-dealkylation sites (tertiary alicyclic amines) is 1. The molecule has 4 nitrogen and oxygen atoms in total. The maximum atomic E-state index is 12.4. The van der Waals surface area contributed by atoms with E-state index in [1.807, 2.05) is 29.2 Å². The molecular formula is C21H24N2O2. The van der Waals surface area contributed by atoms with Crippen LogP contribution in [-0.4, -0.2) is 29.8 Å². The maximum absolute atomic E-state index is 12.4. The maximum Gasteiger partial charge on any atom is 0.255 e. The van der Waals surface area contributed by atoms with Gasteiger partial charge >= 0.3 is 0 Å². The molecule has 1 saturated heterocycles. The first kappa shape index (κ1) is 17.2. The van der Waals surface area contributed by atoms with Gasteiger partial charge in [0.15, 0.2) is 0 Å². The van der Waals surface area contributed by atoms with Crippen LogP contribution in [0.25, 0.3) is 0 Å². The molecule has 1 aliphatic heterocycles. The Labute approximate surface area is 148 Å². The largest absolute Gasteiger partial charge is 0.339 e. The second-order valence-electron chi connectivity index (χ2n) is 6.81. The molecule has 2 amide bonds. The fraction of sp³-hybridized carbons (Fsp3) is 0.333. The van der Waals surface area contributed by atoms with Crippen LogP contribution in [0.4, 0.5) is 5.69 Å². The number of amides is 2. The van der Waals surface area contributed by atoms with Crippen LogP contribution in [0.15, 0.2) is 48.5 Å². The quantitative estimate of drug-likeness (QED) is 0.905. The van der Waals surface area contributed by atoms with E-state index >= 15 is 0 Å². The minimum absolute atomic E-state index is 0.0498. The van der Waals surface area contributed by atoms with Crippen molar-refractivity contribution in [1.82, 2.24) is 4.90 Å². The summed E-state index contributed by atoms with van der Waals surface area (Å²) in [5.41, 5.74) is 3.19. The Balaban J connectivity index is 1.65. The van der Waals surface area contributed by atoms with E-state index in [1.165, 1.54) is 5.56 Å². The van der Waals surface area contributed by atoms with Gasteiger partial charge in [-0.25, -0.2) is 0 Å². The third kappa shape index (κ3) is 4.08. The molecule has 2 aromatic carbocycles. The summed E-state index contributed by atoms with van der Waals surface area (Å²) < 4.78 is 0. The summed E-state index contributed by atoms with van der Waals surface area (Å²) in [7, 11) is 0. The monoisotopic (exact) mass is 336 g/mol. The molecule has 0 saturated carbocycles. The van der Waals surface area contributed by atoms with Gasteiger partial charge in [-0.2, -0.15) is 0 Å². The molecule has 3 rings (SSSR count). The van der Waals surface area contributed by atoms with Crippen LogP contribution >= 0.6 is 0 Å². The molecular weight excluding hydrogens is 312 g/mol. The van der Waals surface area contributed by atoms with Crippen molar-refractivity contribution in [2.45, 2.75) is 32.6 Å². The summed E-state index contributed by atoms with van der Waals surface area (Å²) in [5.74, 6) is 0.344. The molecule has 1 heterocycles. The Morgan fingerprint density at radius 3 is 2.00 bits per heavy atom. The summed E-state index contributed by atoms with van der Waals surface area (Å²) in [5, 5.41) is 2.89. The van der Waals surface area contributed by atoms with Gasteiger partial charge in [0.05, 0.1) is 0 Å². The minimum Gasteiger partial charge on any atom is -0.339 e. The van der Waals surface area contributed by atoms with E-state index in [-0.39, 0.29) is 11.8 Å². The Morgan fingerprint density at radius 2 is 1.44 bits per heavy atom. The lowest BCUT2D eigenvalue weighted by Crippen LogP contribution is -2.27. The molecule has 0 spiro atoms. The number of anilines is 1. The predicted octanol–water partition coefficient (Wildman–Crippen LogP) is 4.30. The Hall–Kier alpha value is -2.62. The van der Waals surface area contributed by atoms with Gasteiger partial charge in [0.2, 0.25) is 0 Å². The predicted molar refractivity (Wildman–Crippen MR) is 100 cm³/mol. The number of carbonyl (C=O) groups is 2. The van der Waals surface area contributed by atoms with Crippen LogP contribution in [0.2, 0.25) is 0 Å². The standard InChI is InChI=1S/C21H24N2O2/c1-15(2)16-9-11-19(12-10-16)22-20(24)17-5-7-18(8-6-17)21(25)23-13-3-4-14-23/h5-12,15H,3-4,13-14H2,1-2H3,(H,22,24). The van der Waals surface area contributed by atoms with Crippen LogP contribution in [0, 0.1) is 0 Å². The van der Waals surface area contributed by atoms with Crippen LogP contribution in [0.1, 0.15) is 58.9 Å². The average molecular weight is 336 g/mol. The Morgan fingerprint density at radius 1 is 0.880 bits per heavy atom. The lowest BCUT2D eigenvalue weighted by molar-refractivity contribution is 0.0792. The number of hydrogen-bond donors (Lipinski definition) is 1. The highest BCUT2D eigenvalue weighted by Gasteiger charge is 2.19. The third-order valence-electron chi connectivity index (χ3n) is 4.62.